The van der Waals surface area contributed by atoms with Crippen LogP contribution < -0.4 is 10.6 Å². The molecule has 0 aromatic heterocycles. The highest BCUT2D eigenvalue weighted by Gasteiger charge is 2.16. The second kappa shape index (κ2) is 6.91. The van der Waals surface area contributed by atoms with Gasteiger partial charge in [0.1, 0.15) is 5.60 Å². The molecule has 2 N–H and O–H groups in total. The monoisotopic (exact) mass is 258 g/mol. The van der Waals surface area contributed by atoms with E-state index in [4.69, 9.17) is 4.74 Å². The second-order valence-electron chi connectivity index (χ2n) is 5.00. The number of carbonyl (C=O) groups excluding carboxylic acids is 1. The van der Waals surface area contributed by atoms with Crippen molar-refractivity contribution in [1.82, 2.24) is 10.6 Å². The normalized spacial score (nSPS) is 16.9. The Morgan fingerprint density at radius 3 is 2.53 bits per heavy atom. The molecule has 0 unspecified atom stereocenters. The smallest absolute Gasteiger partial charge is 0.407 e. The van der Waals surface area contributed by atoms with E-state index in [1.165, 1.54) is 11.5 Å². The highest BCUT2D eigenvalue weighted by atomic mass is 32.2. The van der Waals surface area contributed by atoms with Crippen LogP contribution in [-0.2, 0) is 4.74 Å². The maximum Gasteiger partial charge on any atom is 0.407 e. The lowest BCUT2D eigenvalue weighted by molar-refractivity contribution is 0.0534. The molecule has 0 atom stereocenters. The van der Waals surface area contributed by atoms with Crippen LogP contribution in [0.4, 0.5) is 4.79 Å². The minimum Gasteiger partial charge on any atom is -0.444 e. The van der Waals surface area contributed by atoms with Gasteiger partial charge in [0.2, 0.25) is 0 Å². The molecule has 1 fully saturated rings. The molecule has 1 rings (SSSR count). The van der Waals surface area contributed by atoms with E-state index in [0.717, 1.165) is 6.54 Å². The summed E-state index contributed by atoms with van der Waals surface area (Å²) in [5.74, 6) is 2.42. The van der Waals surface area contributed by atoms with Gasteiger partial charge in [-0.25, -0.2) is 4.79 Å². The highest BCUT2D eigenvalue weighted by Crippen LogP contribution is 2.16. The number of alkyl carbamates (subject to hydrolysis) is 1. The summed E-state index contributed by atoms with van der Waals surface area (Å²) in [5, 5.41) is 6.07. The zero-order valence-corrected chi connectivity index (χ0v) is 11.6. The van der Waals surface area contributed by atoms with Gasteiger partial charge in [0, 0.05) is 30.6 Å². The fraction of sp³-hybridized carbons (Fsp3) is 0.750. The third-order valence-electron chi connectivity index (χ3n) is 2.09. The predicted molar refractivity (Wildman–Crippen MR) is 72.5 cm³/mol. The summed E-state index contributed by atoms with van der Waals surface area (Å²) in [6.07, 6.45) is 3.59. The molecule has 0 aromatic carbocycles. The van der Waals surface area contributed by atoms with E-state index in [1.54, 1.807) is 0 Å². The van der Waals surface area contributed by atoms with E-state index >= 15 is 0 Å². The van der Waals surface area contributed by atoms with Gasteiger partial charge in [-0.2, -0.15) is 11.8 Å². The molecule has 0 aliphatic carbocycles. The van der Waals surface area contributed by atoms with Gasteiger partial charge < -0.3 is 15.4 Å². The van der Waals surface area contributed by atoms with Gasteiger partial charge in [-0.15, -0.1) is 0 Å². The SMILES string of the molecule is CC(C)(C)OC(=O)NC/C=C/CNC1CSC1. The third kappa shape index (κ3) is 7.28. The van der Waals surface area contributed by atoms with Crippen LogP contribution in [0.1, 0.15) is 20.8 Å². The zero-order valence-electron chi connectivity index (χ0n) is 10.8. The molecule has 5 heteroatoms. The Morgan fingerprint density at radius 2 is 2.00 bits per heavy atom. The Kier molecular flexibility index (Phi) is 5.85. The summed E-state index contributed by atoms with van der Waals surface area (Å²) in [6.45, 7) is 6.92. The van der Waals surface area contributed by atoms with E-state index in [-0.39, 0.29) is 6.09 Å². The maximum absolute atomic E-state index is 11.3. The number of amides is 1. The Labute approximate surface area is 108 Å². The standard InChI is InChI=1S/C12H22N2O2S/c1-12(2,3)16-11(15)14-7-5-4-6-13-10-8-17-9-10/h4-5,10,13H,6-9H2,1-3H3,(H,14,15)/b5-4+. The number of nitrogens with one attached hydrogen (secondary N) is 2. The lowest BCUT2D eigenvalue weighted by Gasteiger charge is -2.25. The summed E-state index contributed by atoms with van der Waals surface area (Å²) in [6, 6.07) is 0.670. The van der Waals surface area contributed by atoms with Crippen molar-refractivity contribution in [3.63, 3.8) is 0 Å². The zero-order chi connectivity index (χ0) is 12.7. The number of ether oxygens (including phenoxy) is 1. The minimum atomic E-state index is -0.433. The molecule has 0 aromatic rings. The van der Waals surface area contributed by atoms with Crippen LogP contribution in [0.3, 0.4) is 0 Å². The minimum absolute atomic E-state index is 0.370. The van der Waals surface area contributed by atoms with Crippen LogP contribution in [-0.4, -0.2) is 42.3 Å². The van der Waals surface area contributed by atoms with Crippen LogP contribution in [0.25, 0.3) is 0 Å². The summed E-state index contributed by atoms with van der Waals surface area (Å²) in [4.78, 5) is 11.3. The van der Waals surface area contributed by atoms with E-state index in [1.807, 2.05) is 44.7 Å². The Hall–Kier alpha value is -0.680. The number of hydrogen-bond donors (Lipinski definition) is 2. The maximum atomic E-state index is 11.3. The van der Waals surface area contributed by atoms with Crippen molar-refractivity contribution >= 4 is 17.9 Å². The molecular formula is C12H22N2O2S. The van der Waals surface area contributed by atoms with Crippen LogP contribution in [0.15, 0.2) is 12.2 Å². The molecule has 1 aliphatic heterocycles. The average Bonchev–Trinajstić information content (AvgIpc) is 2.10. The molecule has 0 radical (unpaired) electrons. The fourth-order valence-electron chi connectivity index (χ4n) is 1.21. The van der Waals surface area contributed by atoms with Crippen molar-refractivity contribution in [3.05, 3.63) is 12.2 Å². The molecule has 0 spiro atoms. The lowest BCUT2D eigenvalue weighted by Crippen LogP contribution is -2.40. The first-order chi connectivity index (χ1) is 7.97. The third-order valence-corrected chi connectivity index (χ3v) is 3.37. The van der Waals surface area contributed by atoms with Gasteiger partial charge in [0.15, 0.2) is 0 Å². The molecule has 1 amide bonds. The fourth-order valence-corrected chi connectivity index (χ4v) is 1.92. The van der Waals surface area contributed by atoms with E-state index in [2.05, 4.69) is 10.6 Å². The molecule has 17 heavy (non-hydrogen) atoms. The van der Waals surface area contributed by atoms with Crippen molar-refractivity contribution in [3.8, 4) is 0 Å². The van der Waals surface area contributed by atoms with Crippen molar-refractivity contribution in [1.29, 1.82) is 0 Å². The van der Waals surface area contributed by atoms with Gasteiger partial charge in [-0.05, 0) is 20.8 Å². The molecule has 1 heterocycles. The van der Waals surface area contributed by atoms with Crippen LogP contribution in [0.5, 0.6) is 0 Å². The van der Waals surface area contributed by atoms with Gasteiger partial charge in [-0.1, -0.05) is 12.2 Å². The molecule has 1 aliphatic rings. The van der Waals surface area contributed by atoms with Gasteiger partial charge in [0.05, 0.1) is 0 Å². The molecule has 0 saturated carbocycles. The molecular weight excluding hydrogens is 236 g/mol. The van der Waals surface area contributed by atoms with Gasteiger partial charge in [0.25, 0.3) is 0 Å². The number of hydrogen-bond acceptors (Lipinski definition) is 4. The summed E-state index contributed by atoms with van der Waals surface area (Å²) < 4.78 is 5.11. The average molecular weight is 258 g/mol. The number of carbonyl (C=O) groups is 1. The first-order valence-electron chi connectivity index (χ1n) is 5.90. The van der Waals surface area contributed by atoms with E-state index in [0.29, 0.717) is 12.6 Å². The summed E-state index contributed by atoms with van der Waals surface area (Å²) in [5.41, 5.74) is -0.433. The van der Waals surface area contributed by atoms with Crippen molar-refractivity contribution in [2.45, 2.75) is 32.4 Å². The molecule has 4 nitrogen and oxygen atoms in total. The Balaban J connectivity index is 1.98. The first-order valence-corrected chi connectivity index (χ1v) is 7.06. The molecule has 98 valence electrons. The van der Waals surface area contributed by atoms with Crippen molar-refractivity contribution < 1.29 is 9.53 Å². The highest BCUT2D eigenvalue weighted by molar-refractivity contribution is 8.00. The number of thioether (sulfide) groups is 1. The van der Waals surface area contributed by atoms with Crippen molar-refractivity contribution in [2.75, 3.05) is 24.6 Å². The number of rotatable bonds is 5. The Bertz CT molecular complexity index is 270. The lowest BCUT2D eigenvalue weighted by atomic mass is 10.2. The van der Waals surface area contributed by atoms with E-state index < -0.39 is 5.60 Å². The largest absolute Gasteiger partial charge is 0.444 e. The predicted octanol–water partition coefficient (Wildman–Crippen LogP) is 1.77. The van der Waals surface area contributed by atoms with Gasteiger partial charge >= 0.3 is 6.09 Å². The van der Waals surface area contributed by atoms with E-state index in [9.17, 15) is 4.79 Å². The van der Waals surface area contributed by atoms with Crippen LogP contribution in [0, 0.1) is 0 Å². The molecule has 0 bridgehead atoms. The van der Waals surface area contributed by atoms with Gasteiger partial charge in [-0.3, -0.25) is 0 Å². The quantitative estimate of drug-likeness (QED) is 0.738. The summed E-state index contributed by atoms with van der Waals surface area (Å²) >= 11 is 1.96. The Morgan fingerprint density at radius 1 is 1.35 bits per heavy atom. The van der Waals surface area contributed by atoms with Crippen molar-refractivity contribution in [2.24, 2.45) is 0 Å². The molecule has 1 saturated heterocycles. The van der Waals surface area contributed by atoms with Crippen LogP contribution in [0.2, 0.25) is 0 Å². The summed E-state index contributed by atoms with van der Waals surface area (Å²) in [7, 11) is 0. The first kappa shape index (κ1) is 14.4. The van der Waals surface area contributed by atoms with Crippen LogP contribution >= 0.6 is 11.8 Å². The second-order valence-corrected chi connectivity index (χ2v) is 6.07. The topological polar surface area (TPSA) is 50.4 Å².